The number of hydrogen-bond donors (Lipinski definition) is 28. The van der Waals surface area contributed by atoms with Gasteiger partial charge in [-0.15, -0.1) is 0 Å². The normalized spacial score (nSPS) is 25.1. The van der Waals surface area contributed by atoms with E-state index in [9.17, 15) is 113 Å². The summed E-state index contributed by atoms with van der Waals surface area (Å²) in [7, 11) is -15.5. The standard InChI is InChI=1S/C86H119Cl2N12O36P3/c1-7-8-9-10-11-12-13-14-23-91-25-26-94-85(5)35-61(131-41(4)75(85)110)135-74-72(109)71(108)59(37-101)134-83(74)136-73-57-31-45-32-58(73)133-56-21-18-44(30-50(56)88)69(106)67-81(116)98-65(82(117)129-39-130-84(118)93-24-15-22-86(119,138(123,124)125)139(126,127)128)47-33-54(103)48(36-92-38-137(120,121)122)70(107)62(47)46-28-42(16-19-53(46)102)63(78(113)100-67)97-79(114)64(45)96-77(112)52(34-60(89)104)95-80(115)66(99-76(111)51(90-6)27-40(2)3)68(105)43-17-20-55(132-57)49(87)29-43/h16-21,28-33,40-41,51-52,59,61,63-69,71-72,74-75,83,90-92,94,101-103,105-110,119H,7-15,22-27,34-39H2,1-6H3,(H2,89,104)(H,93,118)(H,95,115)(H,96,112)(H,97,114)(H,98,116)(H,99,111)(H,100,113)(H2,120,121,122)(H2,123,124,125)(H2,126,127,128)/t41-,51+,52-,59+,61-,63+,64+,65-,66+,67-,68+,69+,71+,72-,74+,75+,83-,85-/m0/s1. The van der Waals surface area contributed by atoms with Crippen LogP contribution >= 0.6 is 46.0 Å². The van der Waals surface area contributed by atoms with Crippen LogP contribution in [0.4, 0.5) is 4.79 Å². The molecule has 5 aromatic carbocycles. The molecule has 7 aliphatic rings. The number of ether oxygens (including phenoxy) is 8. The number of phenols is 3. The molecule has 11 bridgehead atoms. The summed E-state index contributed by atoms with van der Waals surface area (Å²) in [5.41, 5.74) is -0.342. The number of aromatic hydroxyl groups is 3. The number of halogens is 2. The van der Waals surface area contributed by atoms with Crippen LogP contribution in [0.2, 0.25) is 10.0 Å². The lowest BCUT2D eigenvalue weighted by Gasteiger charge is -2.48. The monoisotopic (exact) mass is 2060 g/mol. The highest BCUT2D eigenvalue weighted by atomic mass is 35.5. The average molecular weight is 2060 g/mol. The fraction of sp³-hybridized carbons (Fsp3) is 0.547. The van der Waals surface area contributed by atoms with Gasteiger partial charge in [0.25, 0.3) is 5.08 Å². The SMILES string of the molecule is CCCCCCCCCCNCCN[C@@]1(C)C[C@H](O[C@H]2[C@H](Oc3c4cc5cc3Oc3ccc(cc3Cl)[C@@H](O)[C@@H](NC(=O)[C@@H](CC(C)C)NC)C(=O)N[C@@H](CC(N)=O)C(=O)N[C@H]5C(=O)N[C@H]3C(=O)N[C@H](C(=O)N[C@H](C(=O)OCOC(=O)NCCCC(O)(P(=O)(O)O)P(=O)(O)O)c5cc(O)c(CNCP(=O)(O)O)c(O)c5-c5cc3ccc5O)[C@H](O)c3ccc(c(Cl)c3)O4)O[C@H](CO)[C@@H](O)[C@@H]2O)O[C@@H](C)[C@H]1O. The molecule has 48 nitrogen and oxygen atoms in total. The maximum Gasteiger partial charge on any atom is 0.410 e. The summed E-state index contributed by atoms with van der Waals surface area (Å²) in [6, 6.07) is -3.89. The van der Waals surface area contributed by atoms with Crippen LogP contribution in [0, 0.1) is 5.92 Å². The van der Waals surface area contributed by atoms with Crippen molar-refractivity contribution in [1.82, 2.24) is 58.5 Å². The Morgan fingerprint density at radius 3 is 1.86 bits per heavy atom. The van der Waals surface area contributed by atoms with E-state index < -0.39 is 338 Å². The number of benzene rings is 5. The maximum absolute atomic E-state index is 16.5. The number of hydrogen-bond acceptors (Lipinski definition) is 34. The second-order valence-electron chi connectivity index (χ2n) is 34.9. The Hall–Kier alpha value is -9.60. The van der Waals surface area contributed by atoms with Gasteiger partial charge >= 0.3 is 34.8 Å². The number of aliphatic hydroxyl groups excluding tert-OH is 6. The van der Waals surface area contributed by atoms with E-state index in [4.69, 9.17) is 66.8 Å². The highest BCUT2D eigenvalue weighted by Gasteiger charge is 2.59. The van der Waals surface area contributed by atoms with E-state index in [1.807, 2.05) is 5.32 Å². The molecule has 7 heterocycles. The van der Waals surface area contributed by atoms with Crippen LogP contribution in [-0.4, -0.2) is 271 Å². The van der Waals surface area contributed by atoms with Gasteiger partial charge in [-0.05, 0) is 129 Å². The smallest absolute Gasteiger partial charge is 0.410 e. The lowest BCUT2D eigenvalue weighted by Crippen LogP contribution is -2.65. The molecule has 0 spiro atoms. The number of nitrogens with one attached hydrogen (secondary N) is 11. The molecule has 2 saturated heterocycles. The molecule has 7 aliphatic heterocycles. The number of primary amides is 1. The van der Waals surface area contributed by atoms with Crippen molar-refractivity contribution in [2.24, 2.45) is 11.7 Å². The van der Waals surface area contributed by atoms with Gasteiger partial charge in [-0.1, -0.05) is 107 Å². The fourth-order valence-electron chi connectivity index (χ4n) is 16.4. The number of nitrogens with two attached hydrogens (primary N) is 1. The van der Waals surface area contributed by atoms with Crippen molar-refractivity contribution >= 4 is 99.4 Å². The van der Waals surface area contributed by atoms with Crippen LogP contribution in [0.15, 0.2) is 72.8 Å². The predicted molar refractivity (Wildman–Crippen MR) is 488 cm³/mol. The molecule has 0 unspecified atom stereocenters. The molecule has 5 aromatic rings. The van der Waals surface area contributed by atoms with Crippen molar-refractivity contribution in [2.45, 2.75) is 239 Å². The lowest BCUT2D eigenvalue weighted by atomic mass is 9.85. The van der Waals surface area contributed by atoms with Crippen LogP contribution in [-0.2, 0) is 82.3 Å². The first-order valence-corrected chi connectivity index (χ1v) is 50.3. The first-order valence-electron chi connectivity index (χ1n) is 44.5. The van der Waals surface area contributed by atoms with E-state index in [0.717, 1.165) is 99.3 Å². The summed E-state index contributed by atoms with van der Waals surface area (Å²) in [4.78, 5) is 193. The number of phenolic OH excluding ortho intramolecular Hbond substituents is 3. The van der Waals surface area contributed by atoms with E-state index >= 15 is 24.0 Å². The van der Waals surface area contributed by atoms with E-state index in [0.29, 0.717) is 19.2 Å². The van der Waals surface area contributed by atoms with Gasteiger partial charge in [-0.3, -0.25) is 47.3 Å². The molecule has 18 atom stereocenters. The Kier molecular flexibility index (Phi) is 38.8. The summed E-state index contributed by atoms with van der Waals surface area (Å²) in [6.07, 6.45) is -15.3. The second kappa shape index (κ2) is 48.4. The first kappa shape index (κ1) is 111. The third-order valence-electron chi connectivity index (χ3n) is 23.9. The molecule has 139 heavy (non-hydrogen) atoms. The molecule has 0 aliphatic carbocycles. The lowest BCUT2D eigenvalue weighted by molar-refractivity contribution is -0.334. The van der Waals surface area contributed by atoms with E-state index in [1.165, 1.54) is 32.4 Å². The molecule has 768 valence electrons. The number of carbonyl (C=O) groups is 9. The van der Waals surface area contributed by atoms with Crippen molar-refractivity contribution in [3.63, 3.8) is 0 Å². The third kappa shape index (κ3) is 28.1. The molecule has 0 saturated carbocycles. The van der Waals surface area contributed by atoms with Crippen molar-refractivity contribution in [3.8, 4) is 57.1 Å². The summed E-state index contributed by atoms with van der Waals surface area (Å²) in [6.45, 7) is 6.32. The zero-order chi connectivity index (χ0) is 102. The number of unbranched alkanes of at least 4 members (excludes halogenated alkanes) is 7. The van der Waals surface area contributed by atoms with Gasteiger partial charge in [0.15, 0.2) is 29.9 Å². The zero-order valence-electron chi connectivity index (χ0n) is 76.2. The summed E-state index contributed by atoms with van der Waals surface area (Å²) >= 11 is 14.4. The van der Waals surface area contributed by atoms with Gasteiger partial charge in [-0.2, -0.15) is 0 Å². The average Bonchev–Trinajstić information content (AvgIpc) is 0.751. The summed E-state index contributed by atoms with van der Waals surface area (Å²) in [5, 5.41) is 143. The molecule has 53 heteroatoms. The Balaban J connectivity index is 1.15. The minimum atomic E-state index is -5.97. The fourth-order valence-corrected chi connectivity index (χ4v) is 19.5. The van der Waals surface area contributed by atoms with Crippen LogP contribution in [0.1, 0.15) is 182 Å². The Bertz CT molecular complexity index is 5390. The number of carbonyl (C=O) groups excluding carboxylic acids is 9. The molecule has 0 radical (unpaired) electrons. The first-order chi connectivity index (χ1) is 65.4. The van der Waals surface area contributed by atoms with Crippen molar-refractivity contribution in [2.75, 3.05) is 52.9 Å². The van der Waals surface area contributed by atoms with Crippen LogP contribution in [0.25, 0.3) is 11.1 Å². The topological polar surface area (TPSA) is 761 Å². The summed E-state index contributed by atoms with van der Waals surface area (Å²) < 4.78 is 85.9. The van der Waals surface area contributed by atoms with E-state index in [2.05, 4.69) is 60.1 Å². The molecule has 2 fully saturated rings. The molecule has 12 rings (SSSR count). The molecule has 29 N–H and O–H groups in total. The molecular weight excluding hydrogens is 1940 g/mol. The quantitative estimate of drug-likeness (QED) is 0.0115. The summed E-state index contributed by atoms with van der Waals surface area (Å²) in [5.74, 6) is -18.2. The highest BCUT2D eigenvalue weighted by molar-refractivity contribution is 7.72. The number of aliphatic hydroxyl groups is 7. The third-order valence-corrected chi connectivity index (χ3v) is 29.0. The number of likely N-dealkylation sites (N-methyl/N-ethyl adjacent to an activating group) is 1. The van der Waals surface area contributed by atoms with Gasteiger partial charge in [0.1, 0.15) is 89.5 Å². The number of esters is 1. The van der Waals surface area contributed by atoms with Crippen LogP contribution < -0.4 is 78.4 Å². The number of amides is 8. The molecular formula is C86H119Cl2N12O36P3. The largest absolute Gasteiger partial charge is 0.507 e. The van der Waals surface area contributed by atoms with Crippen molar-refractivity contribution < 1.29 is 175 Å². The Morgan fingerprint density at radius 2 is 1.27 bits per heavy atom. The van der Waals surface area contributed by atoms with Gasteiger partial charge in [0.05, 0.1) is 53.2 Å². The maximum atomic E-state index is 16.5. The Labute approximate surface area is 806 Å². The molecule has 0 aromatic heterocycles. The zero-order valence-corrected chi connectivity index (χ0v) is 80.4. The minimum absolute atomic E-state index is 0.148. The van der Waals surface area contributed by atoms with Crippen LogP contribution in [0.3, 0.4) is 0 Å². The van der Waals surface area contributed by atoms with Gasteiger partial charge < -0.3 is 183 Å². The van der Waals surface area contributed by atoms with Gasteiger partial charge in [0, 0.05) is 61.2 Å². The Morgan fingerprint density at radius 1 is 0.662 bits per heavy atom. The predicted octanol–water partition coefficient (Wildman–Crippen LogP) is 1.62. The number of alkyl carbamates (subject to hydrolysis) is 1. The van der Waals surface area contributed by atoms with E-state index in [1.54, 1.807) is 27.7 Å². The minimum Gasteiger partial charge on any atom is -0.507 e. The van der Waals surface area contributed by atoms with Crippen molar-refractivity contribution in [3.05, 3.63) is 116 Å². The molecule has 8 amide bonds. The van der Waals surface area contributed by atoms with Crippen molar-refractivity contribution in [1.29, 1.82) is 0 Å². The van der Waals surface area contributed by atoms with Gasteiger partial charge in [0.2, 0.25) is 60.2 Å². The number of rotatable bonds is 38. The highest BCUT2D eigenvalue weighted by Crippen LogP contribution is 2.69. The second-order valence-corrected chi connectivity index (χ2v) is 41.3. The number of fused-ring (bicyclic) bond motifs is 15. The van der Waals surface area contributed by atoms with Crippen LogP contribution in [0.5, 0.6) is 46.0 Å². The van der Waals surface area contributed by atoms with E-state index in [-0.39, 0.29) is 24.3 Å². The van der Waals surface area contributed by atoms with Gasteiger partial charge in [-0.25, -0.2) is 9.59 Å².